The molecule has 0 N–H and O–H groups in total. The molecule has 0 saturated heterocycles. The minimum absolute atomic E-state index is 0.0133. The maximum absolute atomic E-state index is 14.1. The molecule has 1 heterocycles. The molecule has 3 aromatic rings. The number of rotatable bonds is 6. The van der Waals surface area contributed by atoms with Gasteiger partial charge in [0.05, 0.1) is 0 Å². The van der Waals surface area contributed by atoms with E-state index in [4.69, 9.17) is 0 Å². The number of halogens is 1. The molecule has 2 aromatic carbocycles. The van der Waals surface area contributed by atoms with Crippen LogP contribution in [-0.4, -0.2) is 31.6 Å². The van der Waals surface area contributed by atoms with E-state index < -0.39 is 0 Å². The molecular weight excluding hydrogens is 331 g/mol. The normalized spacial score (nSPS) is 12.0. The Morgan fingerprint density at radius 1 is 1.15 bits per heavy atom. The fourth-order valence-electron chi connectivity index (χ4n) is 2.76. The van der Waals surface area contributed by atoms with Gasteiger partial charge in [-0.15, -0.1) is 10.2 Å². The van der Waals surface area contributed by atoms with Gasteiger partial charge in [0.2, 0.25) is 0 Å². The van der Waals surface area contributed by atoms with E-state index in [0.29, 0.717) is 11.1 Å². The Labute approximate surface area is 152 Å². The molecule has 5 nitrogen and oxygen atoms in total. The average Bonchev–Trinajstić information content (AvgIpc) is 3.21. The second-order valence-corrected chi connectivity index (χ2v) is 6.20. The highest BCUT2D eigenvalue weighted by Crippen LogP contribution is 2.19. The molecule has 1 amide bonds. The van der Waals surface area contributed by atoms with Crippen LogP contribution in [0.25, 0.3) is 5.69 Å². The van der Waals surface area contributed by atoms with Crippen LogP contribution in [0.5, 0.6) is 0 Å². The summed E-state index contributed by atoms with van der Waals surface area (Å²) in [6.45, 7) is 4.22. The van der Waals surface area contributed by atoms with Gasteiger partial charge < -0.3 is 4.90 Å². The molecule has 3 rings (SSSR count). The van der Waals surface area contributed by atoms with E-state index in [1.807, 2.05) is 26.0 Å². The molecule has 0 aliphatic carbocycles. The first-order valence-electron chi connectivity index (χ1n) is 8.59. The number of benzene rings is 2. The van der Waals surface area contributed by atoms with Crippen LogP contribution in [-0.2, 0) is 6.54 Å². The van der Waals surface area contributed by atoms with Crippen molar-refractivity contribution in [2.24, 2.45) is 0 Å². The van der Waals surface area contributed by atoms with Crippen molar-refractivity contribution in [1.82, 2.24) is 19.7 Å². The lowest BCUT2D eigenvalue weighted by molar-refractivity contribution is 0.0669. The number of amides is 1. The highest BCUT2D eigenvalue weighted by atomic mass is 19.1. The molecular formula is C20H21FN4O. The van der Waals surface area contributed by atoms with Crippen LogP contribution < -0.4 is 0 Å². The summed E-state index contributed by atoms with van der Waals surface area (Å²) in [6, 6.07) is 13.8. The number of aromatic nitrogens is 3. The van der Waals surface area contributed by atoms with Gasteiger partial charge in [0.25, 0.3) is 5.91 Å². The lowest BCUT2D eigenvalue weighted by Gasteiger charge is -2.29. The van der Waals surface area contributed by atoms with Gasteiger partial charge in [0, 0.05) is 29.4 Å². The molecule has 0 radical (unpaired) electrons. The molecule has 1 atom stereocenters. The highest BCUT2D eigenvalue weighted by Gasteiger charge is 2.22. The predicted octanol–water partition coefficient (Wildman–Crippen LogP) is 3.85. The first-order valence-corrected chi connectivity index (χ1v) is 8.59. The van der Waals surface area contributed by atoms with Crippen molar-refractivity contribution in [2.45, 2.75) is 32.9 Å². The van der Waals surface area contributed by atoms with Gasteiger partial charge in [-0.25, -0.2) is 4.39 Å². The van der Waals surface area contributed by atoms with Gasteiger partial charge in [-0.05, 0) is 37.6 Å². The van der Waals surface area contributed by atoms with Crippen LogP contribution in [0, 0.1) is 5.82 Å². The van der Waals surface area contributed by atoms with Gasteiger partial charge in [0.15, 0.2) is 0 Å². The molecule has 26 heavy (non-hydrogen) atoms. The second-order valence-electron chi connectivity index (χ2n) is 6.20. The van der Waals surface area contributed by atoms with E-state index in [0.717, 1.165) is 12.1 Å². The van der Waals surface area contributed by atoms with Crippen molar-refractivity contribution in [3.05, 3.63) is 78.1 Å². The molecule has 0 aliphatic heterocycles. The van der Waals surface area contributed by atoms with Crippen LogP contribution >= 0.6 is 0 Å². The average molecular weight is 352 g/mol. The Kier molecular flexibility index (Phi) is 5.41. The number of nitrogens with zero attached hydrogens (tertiary/aromatic N) is 4. The first-order chi connectivity index (χ1) is 12.6. The summed E-state index contributed by atoms with van der Waals surface area (Å²) in [4.78, 5) is 14.9. The maximum atomic E-state index is 14.1. The molecule has 0 unspecified atom stereocenters. The summed E-state index contributed by atoms with van der Waals surface area (Å²) < 4.78 is 15.8. The van der Waals surface area contributed by atoms with Crippen molar-refractivity contribution in [3.8, 4) is 5.69 Å². The Bertz CT molecular complexity index is 879. The minimum atomic E-state index is -0.299. The third-order valence-corrected chi connectivity index (χ3v) is 4.49. The summed E-state index contributed by atoms with van der Waals surface area (Å²) in [7, 11) is 0. The Morgan fingerprint density at radius 2 is 1.88 bits per heavy atom. The van der Waals surface area contributed by atoms with Gasteiger partial charge in [0.1, 0.15) is 18.5 Å². The SMILES string of the molecule is CC[C@H](C)N(Cc1ccccc1F)C(=O)c1cccc(-n2cnnc2)c1. The molecule has 134 valence electrons. The lowest BCUT2D eigenvalue weighted by Crippen LogP contribution is -2.38. The molecule has 0 spiro atoms. The fourth-order valence-corrected chi connectivity index (χ4v) is 2.76. The van der Waals surface area contributed by atoms with Gasteiger partial charge in [-0.3, -0.25) is 9.36 Å². The fraction of sp³-hybridized carbons (Fsp3) is 0.250. The van der Waals surface area contributed by atoms with Crippen molar-refractivity contribution >= 4 is 5.91 Å². The zero-order valence-corrected chi connectivity index (χ0v) is 14.8. The number of hydrogen-bond donors (Lipinski definition) is 0. The summed E-state index contributed by atoms with van der Waals surface area (Å²) in [5.41, 5.74) is 1.86. The van der Waals surface area contributed by atoms with Gasteiger partial charge >= 0.3 is 0 Å². The minimum Gasteiger partial charge on any atom is -0.332 e. The van der Waals surface area contributed by atoms with Crippen LogP contribution in [0.2, 0.25) is 0 Å². The van der Waals surface area contributed by atoms with Crippen LogP contribution in [0.1, 0.15) is 36.2 Å². The van der Waals surface area contributed by atoms with E-state index >= 15 is 0 Å². The number of carbonyl (C=O) groups is 1. The second kappa shape index (κ2) is 7.91. The molecule has 0 aliphatic rings. The quantitative estimate of drug-likeness (QED) is 0.677. The van der Waals surface area contributed by atoms with Crippen LogP contribution in [0.15, 0.2) is 61.2 Å². The molecule has 0 fully saturated rings. The monoisotopic (exact) mass is 352 g/mol. The zero-order valence-electron chi connectivity index (χ0n) is 14.8. The van der Waals surface area contributed by atoms with E-state index in [1.165, 1.54) is 6.07 Å². The number of hydrogen-bond acceptors (Lipinski definition) is 3. The Morgan fingerprint density at radius 3 is 2.58 bits per heavy atom. The smallest absolute Gasteiger partial charge is 0.254 e. The third-order valence-electron chi connectivity index (χ3n) is 4.49. The topological polar surface area (TPSA) is 51.0 Å². The van der Waals surface area contributed by atoms with Crippen molar-refractivity contribution in [2.75, 3.05) is 0 Å². The summed E-state index contributed by atoms with van der Waals surface area (Å²) >= 11 is 0. The van der Waals surface area contributed by atoms with Crippen molar-refractivity contribution in [3.63, 3.8) is 0 Å². The van der Waals surface area contributed by atoms with E-state index in [-0.39, 0.29) is 24.3 Å². The van der Waals surface area contributed by atoms with E-state index in [9.17, 15) is 9.18 Å². The largest absolute Gasteiger partial charge is 0.332 e. The first kappa shape index (κ1) is 17.8. The summed E-state index contributed by atoms with van der Waals surface area (Å²) in [6.07, 6.45) is 3.94. The zero-order chi connectivity index (χ0) is 18.5. The van der Waals surface area contributed by atoms with E-state index in [1.54, 1.807) is 52.5 Å². The van der Waals surface area contributed by atoms with Crippen molar-refractivity contribution < 1.29 is 9.18 Å². The van der Waals surface area contributed by atoms with E-state index in [2.05, 4.69) is 10.2 Å². The Hall–Kier alpha value is -3.02. The summed E-state index contributed by atoms with van der Waals surface area (Å²) in [5, 5.41) is 7.58. The maximum Gasteiger partial charge on any atom is 0.254 e. The third kappa shape index (κ3) is 3.79. The summed E-state index contributed by atoms with van der Waals surface area (Å²) in [5.74, 6) is -0.427. The molecule has 6 heteroatoms. The molecule has 1 aromatic heterocycles. The Balaban J connectivity index is 1.91. The van der Waals surface area contributed by atoms with Gasteiger partial charge in [-0.1, -0.05) is 31.2 Å². The lowest BCUT2D eigenvalue weighted by atomic mass is 10.1. The van der Waals surface area contributed by atoms with Crippen LogP contribution in [0.4, 0.5) is 4.39 Å². The standard InChI is InChI=1S/C20H21FN4O/c1-3-15(2)25(12-17-7-4-5-10-19(17)21)20(26)16-8-6-9-18(11-16)24-13-22-23-14-24/h4-11,13-15H,3,12H2,1-2H3/t15-/m0/s1. The molecule has 0 bridgehead atoms. The predicted molar refractivity (Wildman–Crippen MR) is 97.4 cm³/mol. The molecule has 0 saturated carbocycles. The van der Waals surface area contributed by atoms with Gasteiger partial charge in [-0.2, -0.15) is 0 Å². The number of carbonyl (C=O) groups excluding carboxylic acids is 1. The van der Waals surface area contributed by atoms with Crippen molar-refractivity contribution in [1.29, 1.82) is 0 Å². The highest BCUT2D eigenvalue weighted by molar-refractivity contribution is 5.95. The van der Waals surface area contributed by atoms with Crippen LogP contribution in [0.3, 0.4) is 0 Å².